The van der Waals surface area contributed by atoms with E-state index in [1.807, 2.05) is 0 Å². The lowest BCUT2D eigenvalue weighted by molar-refractivity contribution is -0.158. The van der Waals surface area contributed by atoms with E-state index in [2.05, 4.69) is 16.0 Å². The van der Waals surface area contributed by atoms with Crippen LogP contribution in [0.15, 0.2) is 0 Å². The van der Waals surface area contributed by atoms with Crippen LogP contribution in [0.1, 0.15) is 341 Å². The van der Waals surface area contributed by atoms with E-state index in [0.29, 0.717) is 0 Å². The molecule has 0 aromatic carbocycles. The van der Waals surface area contributed by atoms with E-state index in [4.69, 9.17) is 48.4 Å². The summed E-state index contributed by atoms with van der Waals surface area (Å²) in [5.41, 5.74) is -5.34. The van der Waals surface area contributed by atoms with E-state index in [-0.39, 0.29) is 161 Å². The molecule has 2 amide bonds. The molecule has 0 heterocycles. The number of carbonyl (C=O) groups excluding carboxylic acids is 11. The van der Waals surface area contributed by atoms with Crippen molar-refractivity contribution in [2.24, 2.45) is 5.73 Å². The highest BCUT2D eigenvalue weighted by Crippen LogP contribution is 2.34. The summed E-state index contributed by atoms with van der Waals surface area (Å²) in [4.78, 5) is 151. The first-order chi connectivity index (χ1) is 44.8. The summed E-state index contributed by atoms with van der Waals surface area (Å²) in [6.07, 6.45) is -1.92. The average molecular weight is 1430 g/mol. The van der Waals surface area contributed by atoms with Gasteiger partial charge in [-0.25, -0.2) is 0 Å². The predicted octanol–water partition coefficient (Wildman–Crippen LogP) is 13.2. The number of nitrogens with one attached hydrogen (secondary N) is 3. The number of hydrogen-bond acceptors (Lipinski definition) is 22. The lowest BCUT2D eigenvalue weighted by Crippen LogP contribution is -2.52. The first kappa shape index (κ1) is 94.1. The van der Waals surface area contributed by atoms with Crippen molar-refractivity contribution in [1.29, 1.82) is 0 Å². The maximum Gasteiger partial charge on any atom is 0.306 e. The van der Waals surface area contributed by atoms with Gasteiger partial charge < -0.3 is 64.3 Å². The normalized spacial score (nSPS) is 13.3. The maximum absolute atomic E-state index is 15.0. The molecule has 24 nitrogen and oxygen atoms in total. The molecule has 580 valence electrons. The van der Waals surface area contributed by atoms with Crippen molar-refractivity contribution < 1.29 is 95.4 Å². The highest BCUT2D eigenvalue weighted by Gasteiger charge is 2.41. The predicted molar refractivity (Wildman–Crippen MR) is 383 cm³/mol. The largest absolute Gasteiger partial charge is 0.460 e. The number of ether oxygens (including phenoxy) is 9. The second kappa shape index (κ2) is 39.1. The number of rotatable bonds is 40. The Kier molecular flexibility index (Phi) is 36.8. The van der Waals surface area contributed by atoms with Gasteiger partial charge in [0.25, 0.3) is 0 Å². The summed E-state index contributed by atoms with van der Waals surface area (Å²) in [6.45, 7) is 46.8. The molecule has 0 rings (SSSR count). The Labute approximate surface area is 600 Å². The monoisotopic (exact) mass is 1420 g/mol. The van der Waals surface area contributed by atoms with Gasteiger partial charge in [0.2, 0.25) is 11.8 Å². The molecule has 0 unspecified atom stereocenters. The van der Waals surface area contributed by atoms with Gasteiger partial charge in [-0.15, -0.1) is 0 Å². The van der Waals surface area contributed by atoms with Gasteiger partial charge in [-0.2, -0.15) is 0 Å². The van der Waals surface area contributed by atoms with Gasteiger partial charge in [0.1, 0.15) is 50.4 Å². The zero-order valence-corrected chi connectivity index (χ0v) is 66.9. The number of carbonyl (C=O) groups is 11. The van der Waals surface area contributed by atoms with Crippen LogP contribution in [-0.4, -0.2) is 145 Å². The van der Waals surface area contributed by atoms with E-state index in [1.54, 1.807) is 187 Å². The average Bonchev–Trinajstić information content (AvgIpc) is 0.845. The molecule has 0 bridgehead atoms. The molecule has 0 atom stereocenters. The third-order valence-electron chi connectivity index (χ3n) is 14.9. The fourth-order valence-corrected chi connectivity index (χ4v) is 11.0. The minimum absolute atomic E-state index is 0.0616. The van der Waals surface area contributed by atoms with Crippen LogP contribution >= 0.6 is 0 Å². The molecule has 100 heavy (non-hydrogen) atoms. The fourth-order valence-electron chi connectivity index (χ4n) is 11.0. The van der Waals surface area contributed by atoms with Crippen molar-refractivity contribution in [3.8, 4) is 0 Å². The number of nitrogens with two attached hydrogens (primary N) is 1. The second-order valence-electron chi connectivity index (χ2n) is 36.1. The first-order valence-electron chi connectivity index (χ1n) is 35.9. The molecule has 0 spiro atoms. The van der Waals surface area contributed by atoms with E-state index >= 15 is 0 Å². The molecule has 0 fully saturated rings. The number of hydrogen-bond donors (Lipinski definition) is 4. The quantitative estimate of drug-likeness (QED) is 0.0251. The highest BCUT2D eigenvalue weighted by atomic mass is 16.6. The zero-order valence-electron chi connectivity index (χ0n) is 66.9. The minimum atomic E-state index is -1.40. The number of esters is 9. The highest BCUT2D eigenvalue weighted by molar-refractivity contribution is 5.80. The Bertz CT molecular complexity index is 2310. The second-order valence-corrected chi connectivity index (χ2v) is 36.1. The summed E-state index contributed by atoms with van der Waals surface area (Å²) in [7, 11) is 0. The van der Waals surface area contributed by atoms with E-state index in [9.17, 15) is 52.7 Å². The Hall–Kier alpha value is -5.91. The van der Waals surface area contributed by atoms with Crippen LogP contribution in [0.3, 0.4) is 0 Å². The molecule has 0 aliphatic heterocycles. The van der Waals surface area contributed by atoms with Gasteiger partial charge in [0.15, 0.2) is 0 Å². The standard InChI is InChI=1S/C76H136N4O20/c1-64(2,3)92-55(83)31-43-74(44-32-56(84)93-65(4,5)6,45-33-57(85)94-66(7,8)9)78-52-28-40-73(77,41-29-53(81)79-75(46-34-58(86)95-67(10,11)12,47-35-59(87)96-68(13,14)15)48-36-60(88)97-69(16,17)18)42-30-54(82)80-76(49-37-61(89)98-70(19,20)21,50-38-62(90)99-71(22,23)24)51-39-63(91)100-72(25,26)27/h78H,28-52,77H2,1-27H3,(H,79,81)(H,80,82). The molecular formula is C76H136N4O20. The molecule has 0 aliphatic carbocycles. The molecule has 0 aliphatic rings. The van der Waals surface area contributed by atoms with Crippen LogP contribution in [0.5, 0.6) is 0 Å². The van der Waals surface area contributed by atoms with Crippen molar-refractivity contribution in [3.05, 3.63) is 0 Å². The lowest BCUT2D eigenvalue weighted by atomic mass is 9.81. The third kappa shape index (κ3) is 49.6. The smallest absolute Gasteiger partial charge is 0.306 e. The lowest BCUT2D eigenvalue weighted by Gasteiger charge is -2.38. The molecule has 24 heteroatoms. The minimum Gasteiger partial charge on any atom is -0.460 e. The first-order valence-corrected chi connectivity index (χ1v) is 35.9. The van der Waals surface area contributed by atoms with Crippen LogP contribution < -0.4 is 21.7 Å². The molecule has 0 saturated carbocycles. The molecule has 0 saturated heterocycles. The van der Waals surface area contributed by atoms with E-state index in [1.165, 1.54) is 0 Å². The van der Waals surface area contributed by atoms with Gasteiger partial charge in [0, 0.05) is 92.8 Å². The summed E-state index contributed by atoms with van der Waals surface area (Å²) >= 11 is 0. The Morgan fingerprint density at radius 1 is 0.230 bits per heavy atom. The maximum atomic E-state index is 15.0. The number of amides is 2. The summed E-state index contributed by atoms with van der Waals surface area (Å²) < 4.78 is 51.3. The molecule has 0 aromatic rings. The Balaban J connectivity index is 8.33. The van der Waals surface area contributed by atoms with Crippen molar-refractivity contribution in [2.45, 2.75) is 414 Å². The Morgan fingerprint density at radius 2 is 0.390 bits per heavy atom. The van der Waals surface area contributed by atoms with Crippen LogP contribution in [0.25, 0.3) is 0 Å². The Morgan fingerprint density at radius 3 is 0.550 bits per heavy atom. The van der Waals surface area contributed by atoms with Crippen LogP contribution in [0.2, 0.25) is 0 Å². The van der Waals surface area contributed by atoms with Gasteiger partial charge in [-0.3, -0.25) is 52.7 Å². The van der Waals surface area contributed by atoms with Gasteiger partial charge in [-0.1, -0.05) is 0 Å². The molecular weight excluding hydrogens is 1290 g/mol. The fraction of sp³-hybridized carbons (Fsp3) is 0.855. The van der Waals surface area contributed by atoms with Crippen molar-refractivity contribution in [1.82, 2.24) is 16.0 Å². The van der Waals surface area contributed by atoms with E-state index < -0.39 is 138 Å². The van der Waals surface area contributed by atoms with Gasteiger partial charge >= 0.3 is 53.7 Å². The topological polar surface area (TPSA) is 333 Å². The molecule has 5 N–H and O–H groups in total. The third-order valence-corrected chi connectivity index (χ3v) is 14.9. The van der Waals surface area contributed by atoms with E-state index in [0.717, 1.165) is 0 Å². The summed E-state index contributed by atoms with van der Waals surface area (Å²) in [5.74, 6) is -6.13. The van der Waals surface area contributed by atoms with Gasteiger partial charge in [-0.05, 0) is 277 Å². The summed E-state index contributed by atoms with van der Waals surface area (Å²) in [5, 5.41) is 9.87. The molecule has 0 aromatic heterocycles. The van der Waals surface area contributed by atoms with Crippen LogP contribution in [0.4, 0.5) is 0 Å². The SMILES string of the molecule is CC(C)(C)OC(=O)CCC(CCC(=O)OC(C)(C)C)(CCC(=O)OC(C)(C)C)NCCCC(N)(CCC(=O)NC(CCC(=O)OC(C)(C)C)(CCC(=O)OC(C)(C)C)CCC(=O)OC(C)(C)C)CCC(=O)NC(CCC(=O)OC(C)(C)C)(CCC(=O)OC(C)(C)C)CCC(=O)OC(C)(C)C. The molecule has 0 radical (unpaired) electrons. The van der Waals surface area contributed by atoms with Crippen molar-refractivity contribution in [3.63, 3.8) is 0 Å². The van der Waals surface area contributed by atoms with Crippen LogP contribution in [-0.2, 0) is 95.4 Å². The van der Waals surface area contributed by atoms with Gasteiger partial charge in [0.05, 0.1) is 0 Å². The van der Waals surface area contributed by atoms with Crippen molar-refractivity contribution in [2.75, 3.05) is 6.54 Å². The van der Waals surface area contributed by atoms with Crippen molar-refractivity contribution >= 4 is 65.5 Å². The van der Waals surface area contributed by atoms with Crippen LogP contribution in [0, 0.1) is 0 Å². The zero-order chi connectivity index (χ0) is 78.0. The summed E-state index contributed by atoms with van der Waals surface area (Å²) in [6, 6.07) is 0.